The van der Waals surface area contributed by atoms with Crippen molar-refractivity contribution in [3.8, 4) is 0 Å². The topological polar surface area (TPSA) is 41.2 Å². The summed E-state index contributed by atoms with van der Waals surface area (Å²) in [5.74, 6) is -0.691. The van der Waals surface area contributed by atoms with Crippen LogP contribution in [0.2, 0.25) is 0 Å². The molecule has 0 atom stereocenters. The summed E-state index contributed by atoms with van der Waals surface area (Å²) in [6.45, 7) is 4.40. The van der Waals surface area contributed by atoms with Crippen LogP contribution in [0.5, 0.6) is 0 Å². The van der Waals surface area contributed by atoms with Crippen LogP contribution in [0.15, 0.2) is 42.1 Å². The smallest absolute Gasteiger partial charge is 0.313 e. The molecule has 0 unspecified atom stereocenters. The summed E-state index contributed by atoms with van der Waals surface area (Å²) >= 11 is 1.32. The van der Waals surface area contributed by atoms with E-state index in [9.17, 15) is 4.79 Å². The van der Waals surface area contributed by atoms with Gasteiger partial charge in [0.1, 0.15) is 0 Å². The highest BCUT2D eigenvalue weighted by atomic mass is 32.2. The Morgan fingerprint density at radius 3 is 2.71 bits per heavy atom. The van der Waals surface area contributed by atoms with Crippen molar-refractivity contribution in [3.05, 3.63) is 37.2 Å². The van der Waals surface area contributed by atoms with Crippen LogP contribution in [0.3, 0.4) is 0 Å². The maximum atomic E-state index is 10.3. The fourth-order valence-corrected chi connectivity index (χ4v) is 1.56. The van der Waals surface area contributed by atoms with E-state index in [4.69, 9.17) is 5.11 Å². The quantitative estimate of drug-likeness (QED) is 0.453. The maximum Gasteiger partial charge on any atom is 0.313 e. The molecule has 0 amide bonds. The third kappa shape index (κ3) is 3.62. The highest BCUT2D eigenvalue weighted by molar-refractivity contribution is 8.00. The molecule has 0 saturated carbocycles. The van der Waals surface area contributed by atoms with Crippen molar-refractivity contribution in [1.29, 1.82) is 0 Å². The number of hydrogen-bond donors (Lipinski definition) is 1. The third-order valence-electron chi connectivity index (χ3n) is 1.56. The largest absolute Gasteiger partial charge is 0.481 e. The fourth-order valence-electron chi connectivity index (χ4n) is 0.956. The summed E-state index contributed by atoms with van der Waals surface area (Å²) in [6.07, 6.45) is 5.63. The number of nitrogens with zero attached hydrogens (tertiary/aromatic N) is 1. The summed E-state index contributed by atoms with van der Waals surface area (Å²) in [7, 11) is 0. The molecule has 1 N–H and O–H groups in total. The minimum Gasteiger partial charge on any atom is -0.481 e. The van der Waals surface area contributed by atoms with Gasteiger partial charge in [0.15, 0.2) is 18.9 Å². The summed E-state index contributed by atoms with van der Waals surface area (Å²) in [5, 5.41) is 8.47. The predicted octanol–water partition coefficient (Wildman–Crippen LogP) is 1.34. The van der Waals surface area contributed by atoms with Crippen molar-refractivity contribution in [2.45, 2.75) is 11.4 Å². The van der Waals surface area contributed by atoms with Crippen LogP contribution in [0.1, 0.15) is 0 Å². The second-order valence-electron chi connectivity index (χ2n) is 2.70. The standard InChI is InChI=1S/C10H11NO2S/c1-2-5-11-6-3-9(4-7-11)14-8-10(12)13/h2-4,6-7H,1,5,8H2/p+1. The van der Waals surface area contributed by atoms with Crippen molar-refractivity contribution in [2.24, 2.45) is 0 Å². The number of carbonyl (C=O) groups is 1. The number of carboxylic acids is 1. The number of rotatable bonds is 5. The number of aliphatic carboxylic acids is 1. The van der Waals surface area contributed by atoms with Gasteiger partial charge in [-0.3, -0.25) is 4.79 Å². The van der Waals surface area contributed by atoms with E-state index >= 15 is 0 Å². The normalized spacial score (nSPS) is 9.71. The van der Waals surface area contributed by atoms with Gasteiger partial charge in [0.2, 0.25) is 0 Å². The Labute approximate surface area is 87.1 Å². The van der Waals surface area contributed by atoms with Crippen LogP contribution < -0.4 is 4.57 Å². The first kappa shape index (κ1) is 10.8. The zero-order chi connectivity index (χ0) is 10.4. The average Bonchev–Trinajstić information content (AvgIpc) is 2.17. The van der Waals surface area contributed by atoms with E-state index in [0.29, 0.717) is 0 Å². The molecule has 0 fully saturated rings. The molecule has 0 aliphatic rings. The van der Waals surface area contributed by atoms with Crippen molar-refractivity contribution in [2.75, 3.05) is 5.75 Å². The van der Waals surface area contributed by atoms with Crippen molar-refractivity contribution in [3.63, 3.8) is 0 Å². The number of thioether (sulfide) groups is 1. The molecule has 1 rings (SSSR count). The Balaban J connectivity index is 2.54. The maximum absolute atomic E-state index is 10.3. The van der Waals surface area contributed by atoms with Gasteiger partial charge >= 0.3 is 5.97 Å². The van der Waals surface area contributed by atoms with Gasteiger partial charge in [-0.1, -0.05) is 6.58 Å². The number of aromatic nitrogens is 1. The SMILES string of the molecule is C=CC[n+]1ccc(SCC(=O)O)cc1. The molecule has 74 valence electrons. The van der Waals surface area contributed by atoms with Crippen LogP contribution in [0.4, 0.5) is 0 Å². The molecular weight excluding hydrogens is 198 g/mol. The Morgan fingerprint density at radius 1 is 1.57 bits per heavy atom. The summed E-state index contributed by atoms with van der Waals surface area (Å²) < 4.78 is 1.97. The van der Waals surface area contributed by atoms with Crippen molar-refractivity contribution >= 4 is 17.7 Å². The lowest BCUT2D eigenvalue weighted by molar-refractivity contribution is -0.687. The molecule has 1 aromatic rings. The lowest BCUT2D eigenvalue weighted by atomic mass is 10.4. The lowest BCUT2D eigenvalue weighted by Crippen LogP contribution is -2.31. The molecule has 1 aromatic heterocycles. The van der Waals surface area contributed by atoms with Crippen LogP contribution in [0, 0.1) is 0 Å². The van der Waals surface area contributed by atoms with Gasteiger partial charge in [-0.15, -0.1) is 11.8 Å². The highest BCUT2D eigenvalue weighted by Gasteiger charge is 2.01. The summed E-state index contributed by atoms with van der Waals surface area (Å²) in [4.78, 5) is 11.3. The minimum atomic E-state index is -0.794. The van der Waals surface area contributed by atoms with Crippen molar-refractivity contribution in [1.82, 2.24) is 0 Å². The molecule has 0 aliphatic heterocycles. The number of pyridine rings is 1. The third-order valence-corrected chi connectivity index (χ3v) is 2.56. The van der Waals surface area contributed by atoms with Gasteiger partial charge in [0.25, 0.3) is 0 Å². The Kier molecular flexibility index (Phi) is 4.19. The molecule has 1 heterocycles. The Hall–Kier alpha value is -1.29. The molecular formula is C10H12NO2S+. The number of carboxylic acid groups (broad SMARTS) is 1. The fraction of sp³-hybridized carbons (Fsp3) is 0.200. The molecule has 0 aromatic carbocycles. The van der Waals surface area contributed by atoms with Gasteiger partial charge in [-0.05, 0) is 6.08 Å². The van der Waals surface area contributed by atoms with Gasteiger partial charge in [0, 0.05) is 17.0 Å². The van der Waals surface area contributed by atoms with Crippen LogP contribution in [-0.4, -0.2) is 16.8 Å². The van der Waals surface area contributed by atoms with Gasteiger partial charge < -0.3 is 5.11 Å². The molecule has 0 aliphatic carbocycles. The first-order valence-corrected chi connectivity index (χ1v) is 5.15. The lowest BCUT2D eigenvalue weighted by Gasteiger charge is -1.96. The monoisotopic (exact) mass is 210 g/mol. The van der Waals surface area contributed by atoms with E-state index in [2.05, 4.69) is 6.58 Å². The van der Waals surface area contributed by atoms with Gasteiger partial charge in [-0.25, -0.2) is 4.57 Å². The van der Waals surface area contributed by atoms with Crippen LogP contribution >= 0.6 is 11.8 Å². The molecule has 0 saturated heterocycles. The average molecular weight is 210 g/mol. The van der Waals surface area contributed by atoms with Crippen LogP contribution in [-0.2, 0) is 11.3 Å². The summed E-state index contributed by atoms with van der Waals surface area (Å²) in [6, 6.07) is 3.80. The Bertz CT molecular complexity index is 321. The Morgan fingerprint density at radius 2 is 2.21 bits per heavy atom. The molecule has 0 spiro atoms. The predicted molar refractivity (Wildman–Crippen MR) is 55.2 cm³/mol. The molecule has 0 bridgehead atoms. The van der Waals surface area contributed by atoms with Crippen LogP contribution in [0.25, 0.3) is 0 Å². The molecule has 3 nitrogen and oxygen atoms in total. The van der Waals surface area contributed by atoms with E-state index in [1.807, 2.05) is 35.2 Å². The van der Waals surface area contributed by atoms with E-state index in [-0.39, 0.29) is 5.75 Å². The van der Waals surface area contributed by atoms with E-state index < -0.39 is 5.97 Å². The highest BCUT2D eigenvalue weighted by Crippen LogP contribution is 2.14. The van der Waals surface area contributed by atoms with Gasteiger partial charge in [-0.2, -0.15) is 0 Å². The first-order chi connectivity index (χ1) is 6.72. The summed E-state index contributed by atoms with van der Waals surface area (Å²) in [5.41, 5.74) is 0. The van der Waals surface area contributed by atoms with E-state index in [1.165, 1.54) is 11.8 Å². The minimum absolute atomic E-state index is 0.103. The second kappa shape index (κ2) is 5.44. The zero-order valence-corrected chi connectivity index (χ0v) is 8.54. The zero-order valence-electron chi connectivity index (χ0n) is 7.72. The van der Waals surface area contributed by atoms with E-state index in [1.54, 1.807) is 0 Å². The number of allylic oxidation sites excluding steroid dienone is 1. The second-order valence-corrected chi connectivity index (χ2v) is 3.75. The molecule has 14 heavy (non-hydrogen) atoms. The molecule has 4 heteroatoms. The first-order valence-electron chi connectivity index (χ1n) is 4.17. The molecule has 0 radical (unpaired) electrons. The van der Waals surface area contributed by atoms with Gasteiger partial charge in [0.05, 0.1) is 5.75 Å². The van der Waals surface area contributed by atoms with E-state index in [0.717, 1.165) is 11.4 Å². The van der Waals surface area contributed by atoms with Crippen molar-refractivity contribution < 1.29 is 14.5 Å². The number of hydrogen-bond acceptors (Lipinski definition) is 2.